The molecule has 21 heavy (non-hydrogen) atoms. The maximum Gasteiger partial charge on any atom is 0.255 e. The molecule has 110 valence electrons. The van der Waals surface area contributed by atoms with Gasteiger partial charge < -0.3 is 21.3 Å². The van der Waals surface area contributed by atoms with Crippen LogP contribution in [-0.4, -0.2) is 22.7 Å². The molecule has 5 N–H and O–H groups in total. The van der Waals surface area contributed by atoms with Crippen LogP contribution in [0.1, 0.15) is 22.8 Å². The van der Waals surface area contributed by atoms with Crippen LogP contribution in [0.25, 0.3) is 0 Å². The van der Waals surface area contributed by atoms with Crippen LogP contribution in [0.2, 0.25) is 0 Å². The number of amides is 1. The first-order chi connectivity index (χ1) is 9.98. The highest BCUT2D eigenvalue weighted by molar-refractivity contribution is 5.98. The quantitative estimate of drug-likeness (QED) is 0.643. The first-order valence-corrected chi connectivity index (χ1v) is 6.57. The number of phenols is 2. The number of benzene rings is 2. The van der Waals surface area contributed by atoms with E-state index in [2.05, 4.69) is 5.32 Å². The third kappa shape index (κ3) is 2.98. The van der Waals surface area contributed by atoms with Gasteiger partial charge in [0.25, 0.3) is 5.91 Å². The molecule has 5 nitrogen and oxygen atoms in total. The number of carbonyl (C=O) groups excluding carboxylic acids is 1. The van der Waals surface area contributed by atoms with Gasteiger partial charge in [-0.2, -0.15) is 0 Å². The van der Waals surface area contributed by atoms with E-state index in [4.69, 9.17) is 5.73 Å². The highest BCUT2D eigenvalue weighted by Gasteiger charge is 2.28. The second-order valence-electron chi connectivity index (χ2n) is 5.03. The molecule has 5 heteroatoms. The molecular weight excluding hydrogens is 268 g/mol. The molecule has 0 saturated heterocycles. The molecule has 1 unspecified atom stereocenters. The number of hydrogen-bond acceptors (Lipinski definition) is 4. The first kappa shape index (κ1) is 14.9. The van der Waals surface area contributed by atoms with Crippen molar-refractivity contribution in [2.24, 2.45) is 5.73 Å². The van der Waals surface area contributed by atoms with E-state index in [1.54, 1.807) is 6.92 Å². The maximum absolute atomic E-state index is 12.3. The smallest absolute Gasteiger partial charge is 0.255 e. The van der Waals surface area contributed by atoms with E-state index in [1.807, 2.05) is 30.3 Å². The van der Waals surface area contributed by atoms with Crippen LogP contribution in [-0.2, 0) is 5.54 Å². The summed E-state index contributed by atoms with van der Waals surface area (Å²) in [6, 6.07) is 13.6. The Kier molecular flexibility index (Phi) is 4.14. The molecule has 0 bridgehead atoms. The number of rotatable bonds is 4. The fraction of sp³-hybridized carbons (Fsp3) is 0.188. The summed E-state index contributed by atoms with van der Waals surface area (Å²) in [4.78, 5) is 12.3. The SMILES string of the molecule is CC(CN)(NC(=O)c1cccc(O)c1O)c1ccccc1. The summed E-state index contributed by atoms with van der Waals surface area (Å²) in [5.74, 6) is -1.28. The lowest BCUT2D eigenvalue weighted by Crippen LogP contribution is -2.48. The average Bonchev–Trinajstić information content (AvgIpc) is 2.50. The van der Waals surface area contributed by atoms with Gasteiger partial charge in [-0.1, -0.05) is 36.4 Å². The van der Waals surface area contributed by atoms with Crippen LogP contribution in [0.5, 0.6) is 11.5 Å². The van der Waals surface area contributed by atoms with Gasteiger partial charge in [-0.05, 0) is 24.6 Å². The molecule has 2 rings (SSSR count). The zero-order valence-electron chi connectivity index (χ0n) is 11.7. The third-order valence-electron chi connectivity index (χ3n) is 3.47. The Labute approximate surface area is 123 Å². The number of nitrogens with two attached hydrogens (primary N) is 1. The van der Waals surface area contributed by atoms with E-state index in [-0.39, 0.29) is 17.9 Å². The number of phenolic OH excluding ortho intramolecular Hbond substituents is 2. The summed E-state index contributed by atoms with van der Waals surface area (Å²) >= 11 is 0. The molecule has 0 aliphatic rings. The first-order valence-electron chi connectivity index (χ1n) is 6.57. The van der Waals surface area contributed by atoms with Gasteiger partial charge in [0.15, 0.2) is 11.5 Å². The van der Waals surface area contributed by atoms with Crippen molar-refractivity contribution in [3.63, 3.8) is 0 Å². The van der Waals surface area contributed by atoms with Crippen LogP contribution >= 0.6 is 0 Å². The van der Waals surface area contributed by atoms with Crippen LogP contribution in [0.3, 0.4) is 0 Å². The highest BCUT2D eigenvalue weighted by Crippen LogP contribution is 2.29. The number of nitrogens with one attached hydrogen (secondary N) is 1. The third-order valence-corrected chi connectivity index (χ3v) is 3.47. The average molecular weight is 286 g/mol. The molecular formula is C16H18N2O3. The van der Waals surface area contributed by atoms with E-state index in [0.717, 1.165) is 5.56 Å². The summed E-state index contributed by atoms with van der Waals surface area (Å²) < 4.78 is 0. The second kappa shape index (κ2) is 5.85. The topological polar surface area (TPSA) is 95.6 Å². The van der Waals surface area contributed by atoms with Crippen LogP contribution in [0.15, 0.2) is 48.5 Å². The van der Waals surface area contributed by atoms with E-state index < -0.39 is 17.2 Å². The van der Waals surface area contributed by atoms with Gasteiger partial charge in [0.2, 0.25) is 0 Å². The van der Waals surface area contributed by atoms with Gasteiger partial charge in [-0.3, -0.25) is 4.79 Å². The molecule has 0 aliphatic heterocycles. The molecule has 0 aliphatic carbocycles. The number of aromatic hydroxyl groups is 2. The van der Waals surface area contributed by atoms with Crippen molar-refractivity contribution in [2.45, 2.75) is 12.5 Å². The Morgan fingerprint density at radius 2 is 1.81 bits per heavy atom. The summed E-state index contributed by atoms with van der Waals surface area (Å²) in [6.07, 6.45) is 0. The van der Waals surface area contributed by atoms with Gasteiger partial charge in [0, 0.05) is 6.54 Å². The summed E-state index contributed by atoms with van der Waals surface area (Å²) in [7, 11) is 0. The Morgan fingerprint density at radius 3 is 2.43 bits per heavy atom. The molecule has 1 atom stereocenters. The minimum atomic E-state index is -0.768. The second-order valence-corrected chi connectivity index (χ2v) is 5.03. The van der Waals surface area contributed by atoms with Crippen molar-refractivity contribution in [1.29, 1.82) is 0 Å². The van der Waals surface area contributed by atoms with Gasteiger partial charge in [0.05, 0.1) is 11.1 Å². The monoisotopic (exact) mass is 286 g/mol. The van der Waals surface area contributed by atoms with Crippen molar-refractivity contribution in [2.75, 3.05) is 6.54 Å². The Hall–Kier alpha value is -2.53. The molecule has 2 aromatic rings. The van der Waals surface area contributed by atoms with Crippen molar-refractivity contribution < 1.29 is 15.0 Å². The molecule has 2 aromatic carbocycles. The van der Waals surface area contributed by atoms with Crippen LogP contribution < -0.4 is 11.1 Å². The lowest BCUT2D eigenvalue weighted by molar-refractivity contribution is 0.0904. The number of carbonyl (C=O) groups is 1. The molecule has 0 heterocycles. The zero-order valence-corrected chi connectivity index (χ0v) is 11.7. The van der Waals surface area contributed by atoms with Crippen LogP contribution in [0.4, 0.5) is 0 Å². The predicted molar refractivity (Wildman–Crippen MR) is 80.1 cm³/mol. The molecule has 0 aromatic heterocycles. The maximum atomic E-state index is 12.3. The van der Waals surface area contributed by atoms with Crippen molar-refractivity contribution in [3.8, 4) is 11.5 Å². The highest BCUT2D eigenvalue weighted by atomic mass is 16.3. The minimum absolute atomic E-state index is 0.00519. The predicted octanol–water partition coefficient (Wildman–Crippen LogP) is 1.70. The van der Waals surface area contributed by atoms with E-state index in [1.165, 1.54) is 18.2 Å². The normalized spacial score (nSPS) is 13.4. The fourth-order valence-corrected chi connectivity index (χ4v) is 2.08. The molecule has 0 fully saturated rings. The number of hydrogen-bond donors (Lipinski definition) is 4. The lowest BCUT2D eigenvalue weighted by Gasteiger charge is -2.30. The largest absolute Gasteiger partial charge is 0.504 e. The lowest BCUT2D eigenvalue weighted by atomic mass is 9.91. The Balaban J connectivity index is 2.30. The molecule has 1 amide bonds. The Bertz CT molecular complexity index is 643. The minimum Gasteiger partial charge on any atom is -0.504 e. The van der Waals surface area contributed by atoms with Crippen molar-refractivity contribution >= 4 is 5.91 Å². The summed E-state index contributed by atoms with van der Waals surface area (Å²) in [6.45, 7) is 2.00. The van der Waals surface area contributed by atoms with Gasteiger partial charge in [-0.15, -0.1) is 0 Å². The number of para-hydroxylation sites is 1. The van der Waals surface area contributed by atoms with E-state index >= 15 is 0 Å². The molecule has 0 radical (unpaired) electrons. The van der Waals surface area contributed by atoms with Crippen molar-refractivity contribution in [3.05, 3.63) is 59.7 Å². The summed E-state index contributed by atoms with van der Waals surface area (Å²) in [5.41, 5.74) is 5.91. The fourth-order valence-electron chi connectivity index (χ4n) is 2.08. The summed E-state index contributed by atoms with van der Waals surface area (Å²) in [5, 5.41) is 22.0. The zero-order chi connectivity index (χ0) is 15.5. The standard InChI is InChI=1S/C16H18N2O3/c1-16(10-17,11-6-3-2-4-7-11)18-15(21)12-8-5-9-13(19)14(12)20/h2-9,19-20H,10,17H2,1H3,(H,18,21). The molecule has 0 spiro atoms. The van der Waals surface area contributed by atoms with E-state index in [0.29, 0.717) is 0 Å². The van der Waals surface area contributed by atoms with Gasteiger partial charge in [-0.25, -0.2) is 0 Å². The van der Waals surface area contributed by atoms with E-state index in [9.17, 15) is 15.0 Å². The van der Waals surface area contributed by atoms with Crippen molar-refractivity contribution in [1.82, 2.24) is 5.32 Å². The Morgan fingerprint density at radius 1 is 1.14 bits per heavy atom. The van der Waals surface area contributed by atoms with Gasteiger partial charge in [0.1, 0.15) is 0 Å². The van der Waals surface area contributed by atoms with Gasteiger partial charge >= 0.3 is 0 Å². The van der Waals surface area contributed by atoms with Crippen LogP contribution in [0, 0.1) is 0 Å². The molecule has 0 saturated carbocycles.